The lowest BCUT2D eigenvalue weighted by molar-refractivity contribution is 0.0471. The first-order valence-electron chi connectivity index (χ1n) is 10.5. The van der Waals surface area contributed by atoms with Crippen molar-refractivity contribution in [2.45, 2.75) is 19.4 Å². The summed E-state index contributed by atoms with van der Waals surface area (Å²) in [4.78, 5) is 37.6. The van der Waals surface area contributed by atoms with Gasteiger partial charge >= 0.3 is 5.97 Å². The first-order chi connectivity index (χ1) is 16.0. The molecule has 0 fully saturated rings. The van der Waals surface area contributed by atoms with Gasteiger partial charge in [-0.3, -0.25) is 4.79 Å². The Kier molecular flexibility index (Phi) is 5.17. The first-order valence-corrected chi connectivity index (χ1v) is 10.5. The van der Waals surface area contributed by atoms with Crippen LogP contribution in [0.3, 0.4) is 0 Å². The molecule has 0 saturated carbocycles. The van der Waals surface area contributed by atoms with Crippen molar-refractivity contribution >= 4 is 34.5 Å². The summed E-state index contributed by atoms with van der Waals surface area (Å²) in [6.45, 7) is 2.30. The summed E-state index contributed by atoms with van der Waals surface area (Å²) in [5, 5.41) is 10.4. The molecule has 33 heavy (non-hydrogen) atoms. The fourth-order valence-corrected chi connectivity index (χ4v) is 3.71. The number of fused-ring (bicyclic) bond motifs is 2. The number of rotatable bonds is 5. The zero-order valence-corrected chi connectivity index (χ0v) is 18.1. The van der Waals surface area contributed by atoms with Gasteiger partial charge in [0.1, 0.15) is 11.3 Å². The zero-order chi connectivity index (χ0) is 22.9. The van der Waals surface area contributed by atoms with E-state index < -0.39 is 5.97 Å². The van der Waals surface area contributed by atoms with Crippen LogP contribution in [0.1, 0.15) is 44.9 Å². The predicted molar refractivity (Wildman–Crippen MR) is 121 cm³/mol. The maximum absolute atomic E-state index is 12.8. The van der Waals surface area contributed by atoms with Gasteiger partial charge in [0.15, 0.2) is 11.3 Å². The van der Waals surface area contributed by atoms with Crippen molar-refractivity contribution in [1.82, 2.24) is 24.7 Å². The highest BCUT2D eigenvalue weighted by molar-refractivity contribution is 6.04. The van der Waals surface area contributed by atoms with E-state index in [1.807, 2.05) is 38.2 Å². The second-order valence-electron chi connectivity index (χ2n) is 7.80. The lowest BCUT2D eigenvalue weighted by Crippen LogP contribution is -2.21. The van der Waals surface area contributed by atoms with E-state index in [0.717, 1.165) is 16.6 Å². The lowest BCUT2D eigenvalue weighted by Gasteiger charge is -2.17. The van der Waals surface area contributed by atoms with Crippen molar-refractivity contribution in [3.8, 4) is 0 Å². The fraction of sp³-hybridized carbons (Fsp3) is 0.217. The van der Waals surface area contributed by atoms with Gasteiger partial charge in [0.2, 0.25) is 0 Å². The Balaban J connectivity index is 1.30. The Bertz CT molecular complexity index is 1380. The third-order valence-electron chi connectivity index (χ3n) is 5.48. The molecule has 0 unspecified atom stereocenters. The van der Waals surface area contributed by atoms with Crippen molar-refractivity contribution in [2.24, 2.45) is 7.05 Å². The number of pyridine rings is 1. The van der Waals surface area contributed by atoms with E-state index in [-0.39, 0.29) is 17.6 Å². The highest BCUT2D eigenvalue weighted by Crippen LogP contribution is 2.23. The molecule has 10 nitrogen and oxygen atoms in total. The molecule has 0 bridgehead atoms. The average Bonchev–Trinajstić information content (AvgIpc) is 3.19. The summed E-state index contributed by atoms with van der Waals surface area (Å²) >= 11 is 0. The molecule has 0 spiro atoms. The number of hydrogen-bond acceptors (Lipinski definition) is 8. The smallest absolute Gasteiger partial charge is 0.357 e. The van der Waals surface area contributed by atoms with Gasteiger partial charge in [-0.25, -0.2) is 24.4 Å². The number of anilines is 2. The maximum atomic E-state index is 12.8. The van der Waals surface area contributed by atoms with Gasteiger partial charge in [-0.2, -0.15) is 5.10 Å². The van der Waals surface area contributed by atoms with Gasteiger partial charge < -0.3 is 15.4 Å². The molecule has 1 aliphatic rings. The van der Waals surface area contributed by atoms with Crippen LogP contribution in [-0.4, -0.2) is 43.2 Å². The number of cyclic esters (lactones) is 1. The summed E-state index contributed by atoms with van der Waals surface area (Å²) in [5.41, 5.74) is 4.42. The number of aryl methyl sites for hydroxylation is 1. The largest absolute Gasteiger partial charge is 0.461 e. The Labute approximate surface area is 189 Å². The number of hydrogen-bond donors (Lipinski definition) is 2. The summed E-state index contributed by atoms with van der Waals surface area (Å²) in [6, 6.07) is 9.17. The molecule has 1 atom stereocenters. The molecular weight excluding hydrogens is 422 g/mol. The number of amides is 1. The maximum Gasteiger partial charge on any atom is 0.357 e. The van der Waals surface area contributed by atoms with Crippen molar-refractivity contribution in [2.75, 3.05) is 17.2 Å². The minimum Gasteiger partial charge on any atom is -0.461 e. The fourth-order valence-electron chi connectivity index (χ4n) is 3.71. The van der Waals surface area contributed by atoms with E-state index in [0.29, 0.717) is 35.7 Å². The van der Waals surface area contributed by atoms with Crippen LogP contribution < -0.4 is 10.6 Å². The molecule has 10 heteroatoms. The molecule has 4 aromatic rings. The van der Waals surface area contributed by atoms with Crippen LogP contribution in [0.15, 0.2) is 48.9 Å². The van der Waals surface area contributed by atoms with Crippen LogP contribution >= 0.6 is 0 Å². The topological polar surface area (TPSA) is 124 Å². The van der Waals surface area contributed by atoms with Gasteiger partial charge in [-0.1, -0.05) is 12.1 Å². The van der Waals surface area contributed by atoms with E-state index in [9.17, 15) is 9.59 Å². The Morgan fingerprint density at radius 2 is 2.06 bits per heavy atom. The Morgan fingerprint density at radius 3 is 2.94 bits per heavy atom. The molecule has 1 aliphatic heterocycles. The van der Waals surface area contributed by atoms with Crippen molar-refractivity contribution < 1.29 is 14.3 Å². The van der Waals surface area contributed by atoms with Crippen molar-refractivity contribution in [3.63, 3.8) is 0 Å². The van der Waals surface area contributed by atoms with Gasteiger partial charge in [0.05, 0.1) is 30.6 Å². The van der Waals surface area contributed by atoms with Crippen LogP contribution in [0.25, 0.3) is 11.2 Å². The molecule has 3 aromatic heterocycles. The van der Waals surface area contributed by atoms with E-state index in [1.54, 1.807) is 23.1 Å². The number of carbonyl (C=O) groups is 2. The van der Waals surface area contributed by atoms with Crippen LogP contribution in [0.2, 0.25) is 0 Å². The molecule has 5 rings (SSSR count). The van der Waals surface area contributed by atoms with Gasteiger partial charge in [-0.05, 0) is 36.2 Å². The molecule has 4 heterocycles. The van der Waals surface area contributed by atoms with Crippen LogP contribution in [0.4, 0.5) is 11.5 Å². The van der Waals surface area contributed by atoms with Gasteiger partial charge in [-0.15, -0.1) is 0 Å². The summed E-state index contributed by atoms with van der Waals surface area (Å²) < 4.78 is 6.65. The molecule has 0 radical (unpaired) electrons. The first kappa shape index (κ1) is 20.6. The number of benzene rings is 1. The molecule has 166 valence electrons. The lowest BCUT2D eigenvalue weighted by atomic mass is 10.1. The standard InChI is InChI=1S/C23H21N7O3/c1-13(27-19-12-24-18-11-26-30(2)21(18)29-19)14-4-3-5-17(9-14)28-22(31)16-8-15-6-7-33-23(32)20(15)25-10-16/h3-5,8-13H,6-7H2,1-2H3,(H,27,29)(H,28,31)/t13-/m0/s1. The highest BCUT2D eigenvalue weighted by Gasteiger charge is 2.21. The van der Waals surface area contributed by atoms with Crippen molar-refractivity contribution in [1.29, 1.82) is 0 Å². The highest BCUT2D eigenvalue weighted by atomic mass is 16.5. The van der Waals surface area contributed by atoms with E-state index in [4.69, 9.17) is 4.74 Å². The average molecular weight is 443 g/mol. The number of carbonyl (C=O) groups excluding carboxylic acids is 2. The number of esters is 1. The van der Waals surface area contributed by atoms with Crippen LogP contribution in [-0.2, 0) is 18.2 Å². The quantitative estimate of drug-likeness (QED) is 0.451. The monoisotopic (exact) mass is 443 g/mol. The third kappa shape index (κ3) is 4.10. The molecule has 0 saturated heterocycles. The summed E-state index contributed by atoms with van der Waals surface area (Å²) in [5.74, 6) is -0.120. The molecular formula is C23H21N7O3. The van der Waals surface area contributed by atoms with E-state index in [1.165, 1.54) is 6.20 Å². The Hall–Kier alpha value is -4.34. The second kappa shape index (κ2) is 8.30. The molecule has 2 N–H and O–H groups in total. The van der Waals surface area contributed by atoms with Crippen molar-refractivity contribution in [3.05, 3.63) is 71.3 Å². The second-order valence-corrected chi connectivity index (χ2v) is 7.80. The minimum atomic E-state index is -0.454. The number of nitrogens with zero attached hydrogens (tertiary/aromatic N) is 5. The number of ether oxygens (including phenoxy) is 1. The van der Waals surface area contributed by atoms with Crippen LogP contribution in [0, 0.1) is 0 Å². The molecule has 0 aliphatic carbocycles. The zero-order valence-electron chi connectivity index (χ0n) is 18.1. The normalized spacial score (nSPS) is 13.8. The van der Waals surface area contributed by atoms with Gasteiger partial charge in [0.25, 0.3) is 5.91 Å². The third-order valence-corrected chi connectivity index (χ3v) is 5.48. The molecule has 1 amide bonds. The Morgan fingerprint density at radius 1 is 1.18 bits per heavy atom. The number of nitrogens with one attached hydrogen (secondary N) is 2. The van der Waals surface area contributed by atoms with E-state index >= 15 is 0 Å². The van der Waals surface area contributed by atoms with Crippen LogP contribution in [0.5, 0.6) is 0 Å². The van der Waals surface area contributed by atoms with Gasteiger partial charge in [0, 0.05) is 25.4 Å². The summed E-state index contributed by atoms with van der Waals surface area (Å²) in [7, 11) is 1.82. The number of aromatic nitrogens is 5. The summed E-state index contributed by atoms with van der Waals surface area (Å²) in [6.07, 6.45) is 5.28. The van der Waals surface area contributed by atoms with E-state index in [2.05, 4.69) is 30.7 Å². The minimum absolute atomic E-state index is 0.0850. The SMILES string of the molecule is C[C@H](Nc1cnc2cnn(C)c2n1)c1cccc(NC(=O)c2cnc3c(c2)CCOC3=O)c1. The predicted octanol–water partition coefficient (Wildman–Crippen LogP) is 2.90. The molecule has 1 aromatic carbocycles.